The molecular weight excluding hydrogens is 212 g/mol. The highest BCUT2D eigenvalue weighted by atomic mass is 16.3. The predicted molar refractivity (Wildman–Crippen MR) is 70.8 cm³/mol. The number of aliphatic hydroxyl groups is 1. The van der Waals surface area contributed by atoms with E-state index in [0.717, 1.165) is 36.8 Å². The largest absolute Gasteiger partial charge is 0.393 e. The van der Waals surface area contributed by atoms with Gasteiger partial charge >= 0.3 is 0 Å². The molecule has 0 heterocycles. The normalized spacial score (nSPS) is 19.6. The molecule has 2 nitrogen and oxygen atoms in total. The first-order valence-electron chi connectivity index (χ1n) is 6.47. The van der Waals surface area contributed by atoms with Crippen LogP contribution >= 0.6 is 0 Å². The van der Waals surface area contributed by atoms with E-state index in [0.29, 0.717) is 18.1 Å². The Morgan fingerprint density at radius 3 is 2.47 bits per heavy atom. The van der Waals surface area contributed by atoms with Gasteiger partial charge in [0, 0.05) is 6.42 Å². The third kappa shape index (κ3) is 4.12. The maximum atomic E-state index is 11.7. The highest BCUT2D eigenvalue weighted by Crippen LogP contribution is 2.31. The van der Waals surface area contributed by atoms with Gasteiger partial charge in [0.1, 0.15) is 0 Å². The van der Waals surface area contributed by atoms with Gasteiger partial charge in [-0.25, -0.2) is 0 Å². The SMILES string of the molecule is C=C(C)C(CC[C@@H](C)O)CC1=C(C)CCC1=O. The molecule has 2 heteroatoms. The first kappa shape index (κ1) is 14.2. The zero-order chi connectivity index (χ0) is 13.0. The smallest absolute Gasteiger partial charge is 0.159 e. The summed E-state index contributed by atoms with van der Waals surface area (Å²) in [6.45, 7) is 9.89. The molecule has 96 valence electrons. The molecule has 2 atom stereocenters. The van der Waals surface area contributed by atoms with Crippen molar-refractivity contribution in [2.24, 2.45) is 5.92 Å². The molecular formula is C15H24O2. The van der Waals surface area contributed by atoms with Crippen molar-refractivity contribution in [2.45, 2.75) is 59.0 Å². The van der Waals surface area contributed by atoms with Crippen LogP contribution in [0, 0.1) is 5.92 Å². The predicted octanol–water partition coefficient (Wildman–Crippen LogP) is 3.41. The Kier molecular flexibility index (Phi) is 5.13. The van der Waals surface area contributed by atoms with E-state index in [1.807, 2.05) is 6.92 Å². The van der Waals surface area contributed by atoms with Crippen LogP contribution in [0.4, 0.5) is 0 Å². The Morgan fingerprint density at radius 1 is 1.41 bits per heavy atom. The van der Waals surface area contributed by atoms with Crippen LogP contribution in [-0.2, 0) is 4.79 Å². The van der Waals surface area contributed by atoms with Crippen molar-refractivity contribution in [2.75, 3.05) is 0 Å². The number of aliphatic hydroxyl groups excluding tert-OH is 1. The van der Waals surface area contributed by atoms with Crippen LogP contribution in [0.1, 0.15) is 52.9 Å². The summed E-state index contributed by atoms with van der Waals surface area (Å²) < 4.78 is 0. The van der Waals surface area contributed by atoms with Gasteiger partial charge < -0.3 is 5.11 Å². The average molecular weight is 236 g/mol. The number of allylic oxidation sites excluding steroid dienone is 3. The minimum Gasteiger partial charge on any atom is -0.393 e. The first-order chi connectivity index (χ1) is 7.91. The van der Waals surface area contributed by atoms with Crippen LogP contribution in [0.15, 0.2) is 23.3 Å². The number of rotatable bonds is 6. The Morgan fingerprint density at radius 2 is 2.06 bits per heavy atom. The fourth-order valence-electron chi connectivity index (χ4n) is 2.34. The summed E-state index contributed by atoms with van der Waals surface area (Å²) in [7, 11) is 0. The number of carbonyl (C=O) groups is 1. The lowest BCUT2D eigenvalue weighted by molar-refractivity contribution is -0.115. The topological polar surface area (TPSA) is 37.3 Å². The first-order valence-corrected chi connectivity index (χ1v) is 6.47. The van der Waals surface area contributed by atoms with Gasteiger partial charge in [0.25, 0.3) is 0 Å². The van der Waals surface area contributed by atoms with Crippen molar-refractivity contribution in [1.82, 2.24) is 0 Å². The van der Waals surface area contributed by atoms with Crippen LogP contribution in [0.3, 0.4) is 0 Å². The highest BCUT2D eigenvalue weighted by Gasteiger charge is 2.23. The van der Waals surface area contributed by atoms with Gasteiger partial charge in [-0.2, -0.15) is 0 Å². The van der Waals surface area contributed by atoms with Gasteiger partial charge in [-0.05, 0) is 57.9 Å². The number of Topliss-reactive ketones (excluding diaryl/α,β-unsaturated/α-hetero) is 1. The second kappa shape index (κ2) is 6.15. The molecule has 0 amide bonds. The van der Waals surface area contributed by atoms with Gasteiger partial charge in [-0.1, -0.05) is 17.7 Å². The molecule has 0 aromatic rings. The second-order valence-electron chi connectivity index (χ2n) is 5.36. The molecule has 0 aromatic carbocycles. The van der Waals surface area contributed by atoms with E-state index in [1.54, 1.807) is 6.92 Å². The van der Waals surface area contributed by atoms with Gasteiger partial charge in [-0.3, -0.25) is 4.79 Å². The molecule has 0 radical (unpaired) electrons. The molecule has 0 bridgehead atoms. The summed E-state index contributed by atoms with van der Waals surface area (Å²) in [5.41, 5.74) is 3.38. The van der Waals surface area contributed by atoms with Crippen LogP contribution < -0.4 is 0 Å². The number of hydrogen-bond donors (Lipinski definition) is 1. The Balaban J connectivity index is 2.64. The van der Waals surface area contributed by atoms with E-state index >= 15 is 0 Å². The van der Waals surface area contributed by atoms with Crippen molar-refractivity contribution >= 4 is 5.78 Å². The Bertz CT molecular complexity index is 337. The van der Waals surface area contributed by atoms with Crippen LogP contribution in [0.25, 0.3) is 0 Å². The zero-order valence-corrected chi connectivity index (χ0v) is 11.3. The fourth-order valence-corrected chi connectivity index (χ4v) is 2.34. The molecule has 1 aliphatic carbocycles. The summed E-state index contributed by atoms with van der Waals surface area (Å²) in [6, 6.07) is 0. The van der Waals surface area contributed by atoms with E-state index in [-0.39, 0.29) is 6.10 Å². The van der Waals surface area contributed by atoms with Crippen LogP contribution in [0.2, 0.25) is 0 Å². The van der Waals surface area contributed by atoms with Crippen LogP contribution in [-0.4, -0.2) is 17.0 Å². The van der Waals surface area contributed by atoms with E-state index in [9.17, 15) is 9.90 Å². The van der Waals surface area contributed by atoms with Crippen molar-refractivity contribution < 1.29 is 9.90 Å². The quantitative estimate of drug-likeness (QED) is 0.718. The van der Waals surface area contributed by atoms with Crippen LogP contribution in [0.5, 0.6) is 0 Å². The summed E-state index contributed by atoms with van der Waals surface area (Å²) in [5.74, 6) is 0.641. The molecule has 1 rings (SSSR count). The Hall–Kier alpha value is -0.890. The number of hydrogen-bond acceptors (Lipinski definition) is 2. The lowest BCUT2D eigenvalue weighted by atomic mass is 9.87. The van der Waals surface area contributed by atoms with E-state index < -0.39 is 0 Å². The standard InChI is InChI=1S/C15H24O2/c1-10(2)13(7-6-12(4)16)9-14-11(3)5-8-15(14)17/h12-13,16H,1,5-9H2,2-4H3/t12-,13?/m1/s1. The average Bonchev–Trinajstić information content (AvgIpc) is 2.53. The van der Waals surface area contributed by atoms with E-state index in [2.05, 4.69) is 13.5 Å². The number of carbonyl (C=O) groups excluding carboxylic acids is 1. The summed E-state index contributed by atoms with van der Waals surface area (Å²) in [4.78, 5) is 11.7. The van der Waals surface area contributed by atoms with Gasteiger partial charge in [0.15, 0.2) is 5.78 Å². The van der Waals surface area contributed by atoms with Crippen molar-refractivity contribution in [1.29, 1.82) is 0 Å². The van der Waals surface area contributed by atoms with Crippen molar-refractivity contribution in [3.05, 3.63) is 23.3 Å². The maximum Gasteiger partial charge on any atom is 0.159 e. The minimum atomic E-state index is -0.272. The summed E-state index contributed by atoms with van der Waals surface area (Å²) >= 11 is 0. The lowest BCUT2D eigenvalue weighted by Crippen LogP contribution is -2.10. The molecule has 0 spiro atoms. The maximum absolute atomic E-state index is 11.7. The molecule has 0 fully saturated rings. The minimum absolute atomic E-state index is 0.272. The molecule has 0 saturated heterocycles. The van der Waals surface area contributed by atoms with E-state index in [1.165, 1.54) is 5.57 Å². The summed E-state index contributed by atoms with van der Waals surface area (Å²) in [6.07, 6.45) is 3.83. The zero-order valence-electron chi connectivity index (χ0n) is 11.3. The fraction of sp³-hybridized carbons (Fsp3) is 0.667. The van der Waals surface area contributed by atoms with Gasteiger partial charge in [0.2, 0.25) is 0 Å². The molecule has 1 aliphatic rings. The molecule has 17 heavy (non-hydrogen) atoms. The molecule has 1 unspecified atom stereocenters. The molecule has 0 aliphatic heterocycles. The number of ketones is 1. The van der Waals surface area contributed by atoms with Crippen molar-refractivity contribution in [3.63, 3.8) is 0 Å². The lowest BCUT2D eigenvalue weighted by Gasteiger charge is -2.18. The third-order valence-corrected chi connectivity index (χ3v) is 3.66. The molecule has 1 N–H and O–H groups in total. The Labute approximate surface area is 104 Å². The highest BCUT2D eigenvalue weighted by molar-refractivity contribution is 5.98. The van der Waals surface area contributed by atoms with Crippen molar-refractivity contribution in [3.8, 4) is 0 Å². The van der Waals surface area contributed by atoms with Gasteiger partial charge in [0.05, 0.1) is 6.10 Å². The second-order valence-corrected chi connectivity index (χ2v) is 5.36. The van der Waals surface area contributed by atoms with E-state index in [4.69, 9.17) is 0 Å². The molecule has 0 saturated carbocycles. The molecule has 0 aromatic heterocycles. The van der Waals surface area contributed by atoms with Gasteiger partial charge in [-0.15, -0.1) is 0 Å². The third-order valence-electron chi connectivity index (χ3n) is 3.66. The monoisotopic (exact) mass is 236 g/mol. The summed E-state index contributed by atoms with van der Waals surface area (Å²) in [5, 5.41) is 9.34.